The summed E-state index contributed by atoms with van der Waals surface area (Å²) in [4.78, 5) is 24.0. The maximum Gasteiger partial charge on any atom is 0.311 e. The molecule has 7 nitrogen and oxygen atoms in total. The summed E-state index contributed by atoms with van der Waals surface area (Å²) < 4.78 is 11.6. The molecule has 0 saturated carbocycles. The number of hydrogen-bond acceptors (Lipinski definition) is 5. The Kier molecular flexibility index (Phi) is 8.87. The number of rotatable bonds is 9. The molecule has 34 heavy (non-hydrogen) atoms. The summed E-state index contributed by atoms with van der Waals surface area (Å²) in [5.41, 5.74) is 2.20. The van der Waals surface area contributed by atoms with Gasteiger partial charge in [0.15, 0.2) is 0 Å². The first kappa shape index (κ1) is 24.6. The molecule has 1 amide bonds. The zero-order valence-electron chi connectivity index (χ0n) is 19.1. The topological polar surface area (TPSA) is 109 Å². The van der Waals surface area contributed by atoms with Crippen molar-refractivity contribution in [3.63, 3.8) is 0 Å². The second-order valence-corrected chi connectivity index (χ2v) is 7.92. The van der Waals surface area contributed by atoms with Gasteiger partial charge in [-0.15, -0.1) is 0 Å². The van der Waals surface area contributed by atoms with Crippen LogP contribution in [0.15, 0.2) is 78.1 Å². The number of ether oxygens (including phenoxy) is 2. The second-order valence-electron chi connectivity index (χ2n) is 7.92. The second kappa shape index (κ2) is 12.3. The molecule has 1 aliphatic heterocycles. The van der Waals surface area contributed by atoms with Crippen molar-refractivity contribution in [2.75, 3.05) is 13.2 Å². The molecule has 3 rings (SSSR count). The molecule has 0 aromatic heterocycles. The molecule has 0 spiro atoms. The van der Waals surface area contributed by atoms with Crippen molar-refractivity contribution in [1.29, 1.82) is 5.26 Å². The Morgan fingerprint density at radius 1 is 1.24 bits per heavy atom. The van der Waals surface area contributed by atoms with Crippen molar-refractivity contribution in [2.45, 2.75) is 32.3 Å². The van der Waals surface area contributed by atoms with Crippen LogP contribution in [0.4, 0.5) is 0 Å². The van der Waals surface area contributed by atoms with Gasteiger partial charge >= 0.3 is 5.97 Å². The summed E-state index contributed by atoms with van der Waals surface area (Å²) in [5, 5.41) is 21.3. The average Bonchev–Trinajstić information content (AvgIpc) is 2.84. The number of allylic oxidation sites excluding steroid dienone is 2. The van der Waals surface area contributed by atoms with Crippen molar-refractivity contribution in [1.82, 2.24) is 5.32 Å². The first-order valence-electron chi connectivity index (χ1n) is 11.2. The molecule has 2 aromatic rings. The van der Waals surface area contributed by atoms with Crippen LogP contribution in [0.1, 0.15) is 35.7 Å². The monoisotopic (exact) mass is 460 g/mol. The average molecular weight is 461 g/mol. The highest BCUT2D eigenvalue weighted by atomic mass is 16.5. The van der Waals surface area contributed by atoms with Crippen LogP contribution in [0, 0.1) is 17.2 Å². The van der Waals surface area contributed by atoms with E-state index < -0.39 is 18.0 Å². The van der Waals surface area contributed by atoms with Crippen molar-refractivity contribution >= 4 is 11.9 Å². The Morgan fingerprint density at radius 3 is 2.65 bits per heavy atom. The van der Waals surface area contributed by atoms with E-state index in [0.29, 0.717) is 35.6 Å². The fourth-order valence-electron chi connectivity index (χ4n) is 3.71. The molecule has 1 fully saturated rings. The number of carboxylic acids is 1. The predicted octanol–water partition coefficient (Wildman–Crippen LogP) is 4.27. The number of carbonyl (C=O) groups is 2. The van der Waals surface area contributed by atoms with Crippen molar-refractivity contribution < 1.29 is 24.2 Å². The summed E-state index contributed by atoms with van der Waals surface area (Å²) in [6.07, 6.45) is 4.11. The van der Waals surface area contributed by atoms with E-state index >= 15 is 0 Å². The first-order valence-corrected chi connectivity index (χ1v) is 11.2. The van der Waals surface area contributed by atoms with Crippen molar-refractivity contribution in [3.05, 3.63) is 89.2 Å². The molecule has 0 bridgehead atoms. The first-order chi connectivity index (χ1) is 16.5. The molecule has 2 N–H and O–H groups in total. The van der Waals surface area contributed by atoms with Crippen LogP contribution in [0.5, 0.6) is 5.75 Å². The molecule has 1 saturated heterocycles. The molecule has 7 heteroatoms. The van der Waals surface area contributed by atoms with Crippen LogP contribution in [0.3, 0.4) is 0 Å². The van der Waals surface area contributed by atoms with E-state index in [1.54, 1.807) is 36.4 Å². The minimum Gasteiger partial charge on any atom is -0.493 e. The number of aliphatic carboxylic acids is 1. The lowest BCUT2D eigenvalue weighted by Gasteiger charge is -2.26. The summed E-state index contributed by atoms with van der Waals surface area (Å²) in [6, 6.07) is 18.8. The largest absolute Gasteiger partial charge is 0.493 e. The lowest BCUT2D eigenvalue weighted by atomic mass is 9.90. The van der Waals surface area contributed by atoms with Gasteiger partial charge in [-0.05, 0) is 55.7 Å². The van der Waals surface area contributed by atoms with Gasteiger partial charge in [0.1, 0.15) is 17.6 Å². The fourth-order valence-corrected chi connectivity index (χ4v) is 3.71. The molecule has 1 heterocycles. The Balaban J connectivity index is 1.58. The number of nitrogens with zero attached hydrogens (tertiary/aromatic N) is 1. The minimum absolute atomic E-state index is 0.101. The SMILES string of the molecule is CC(/C=C1/OCCC(C(=O)O)/C1=C/CC#N)Oc1ccc(C(=O)NCCc2ccccc2)cc1. The molecule has 0 radical (unpaired) electrons. The van der Waals surface area contributed by atoms with Crippen LogP contribution < -0.4 is 10.1 Å². The summed E-state index contributed by atoms with van der Waals surface area (Å²) in [5.74, 6) is -0.806. The molecule has 176 valence electrons. The summed E-state index contributed by atoms with van der Waals surface area (Å²) >= 11 is 0. The third-order valence-corrected chi connectivity index (χ3v) is 5.40. The number of carboxylic acid groups (broad SMARTS) is 1. The fraction of sp³-hybridized carbons (Fsp3) is 0.296. The maximum absolute atomic E-state index is 12.4. The normalized spacial score (nSPS) is 18.5. The minimum atomic E-state index is -0.940. The quantitative estimate of drug-likeness (QED) is 0.578. The molecule has 2 aromatic carbocycles. The highest BCUT2D eigenvalue weighted by Gasteiger charge is 2.30. The van der Waals surface area contributed by atoms with E-state index in [1.165, 1.54) is 0 Å². The van der Waals surface area contributed by atoms with Gasteiger partial charge in [-0.1, -0.05) is 36.4 Å². The standard InChI is InChI=1S/C27H28N2O5/c1-19(18-25-23(8-5-15-28)24(27(31)32)14-17-33-25)34-22-11-9-21(10-12-22)26(30)29-16-13-20-6-3-2-4-7-20/h2-4,6-12,18-19,24H,5,13-14,16-17H2,1H3,(H,29,30)(H,31,32)/b23-8-,25-18+. The predicted molar refractivity (Wildman–Crippen MR) is 127 cm³/mol. The number of benzene rings is 2. The highest BCUT2D eigenvalue weighted by Crippen LogP contribution is 2.31. The lowest BCUT2D eigenvalue weighted by molar-refractivity contribution is -0.141. The van der Waals surface area contributed by atoms with Crippen LogP contribution in [0.25, 0.3) is 0 Å². The van der Waals surface area contributed by atoms with Crippen LogP contribution in [0.2, 0.25) is 0 Å². The number of carbonyl (C=O) groups excluding carboxylic acids is 1. The van der Waals surface area contributed by atoms with Crippen LogP contribution in [-0.4, -0.2) is 36.2 Å². The Morgan fingerprint density at radius 2 is 1.97 bits per heavy atom. The molecular weight excluding hydrogens is 432 g/mol. The summed E-state index contributed by atoms with van der Waals surface area (Å²) in [7, 11) is 0. The van der Waals surface area contributed by atoms with E-state index in [1.807, 2.05) is 43.3 Å². The Labute approximate surface area is 199 Å². The van der Waals surface area contributed by atoms with Crippen LogP contribution >= 0.6 is 0 Å². The maximum atomic E-state index is 12.4. The van der Waals surface area contributed by atoms with Gasteiger partial charge in [0.25, 0.3) is 5.91 Å². The third-order valence-electron chi connectivity index (χ3n) is 5.40. The Hall–Kier alpha value is -4.05. The number of nitrogens with one attached hydrogen (secondary N) is 1. The van der Waals surface area contributed by atoms with E-state index in [-0.39, 0.29) is 18.9 Å². The van der Waals surface area contributed by atoms with E-state index in [9.17, 15) is 14.7 Å². The van der Waals surface area contributed by atoms with E-state index in [4.69, 9.17) is 14.7 Å². The van der Waals surface area contributed by atoms with Crippen LogP contribution in [-0.2, 0) is 16.0 Å². The number of hydrogen-bond donors (Lipinski definition) is 2. The molecule has 0 aliphatic carbocycles. The molecular formula is C27H28N2O5. The molecule has 2 atom stereocenters. The molecule has 2 unspecified atom stereocenters. The van der Waals surface area contributed by atoms with Gasteiger partial charge in [0.2, 0.25) is 0 Å². The smallest absolute Gasteiger partial charge is 0.311 e. The number of amides is 1. The van der Waals surface area contributed by atoms with Gasteiger partial charge in [0.05, 0.1) is 25.0 Å². The van der Waals surface area contributed by atoms with E-state index in [2.05, 4.69) is 5.32 Å². The van der Waals surface area contributed by atoms with Gasteiger partial charge in [0, 0.05) is 17.7 Å². The lowest BCUT2D eigenvalue weighted by Crippen LogP contribution is -2.26. The van der Waals surface area contributed by atoms with Gasteiger partial charge in [-0.2, -0.15) is 5.26 Å². The summed E-state index contributed by atoms with van der Waals surface area (Å²) in [6.45, 7) is 2.64. The van der Waals surface area contributed by atoms with Gasteiger partial charge in [-0.25, -0.2) is 0 Å². The Bertz CT molecular complexity index is 1080. The third kappa shape index (κ3) is 6.97. The van der Waals surface area contributed by atoms with Crippen molar-refractivity contribution in [2.24, 2.45) is 5.92 Å². The van der Waals surface area contributed by atoms with E-state index in [0.717, 1.165) is 12.0 Å². The zero-order chi connectivity index (χ0) is 24.3. The van der Waals surface area contributed by atoms with Gasteiger partial charge < -0.3 is 19.9 Å². The molecule has 1 aliphatic rings. The highest BCUT2D eigenvalue weighted by molar-refractivity contribution is 5.94. The van der Waals surface area contributed by atoms with Crippen molar-refractivity contribution in [3.8, 4) is 11.8 Å². The van der Waals surface area contributed by atoms with Gasteiger partial charge in [-0.3, -0.25) is 9.59 Å². The number of nitriles is 1. The zero-order valence-corrected chi connectivity index (χ0v) is 19.1.